The smallest absolute Gasteiger partial charge is 0.192 e. The van der Waals surface area contributed by atoms with E-state index in [9.17, 15) is 0 Å². The normalized spacial score (nSPS) is 12.2. The van der Waals surface area contributed by atoms with Gasteiger partial charge in [0.05, 0.1) is 24.5 Å². The quantitative estimate of drug-likeness (QED) is 0.332. The summed E-state index contributed by atoms with van der Waals surface area (Å²) >= 11 is 3.37. The van der Waals surface area contributed by atoms with Gasteiger partial charge in [0.2, 0.25) is 0 Å². The zero-order valence-electron chi connectivity index (χ0n) is 16.4. The van der Waals surface area contributed by atoms with Gasteiger partial charge in [0.15, 0.2) is 5.96 Å². The van der Waals surface area contributed by atoms with Gasteiger partial charge in [-0.2, -0.15) is 0 Å². The van der Waals surface area contributed by atoms with E-state index in [0.717, 1.165) is 33.9 Å². The second-order valence-corrected chi connectivity index (χ2v) is 9.13. The molecule has 0 fully saturated rings. The first-order valence-electron chi connectivity index (χ1n) is 8.71. The molecule has 0 unspecified atom stereocenters. The lowest BCUT2D eigenvalue weighted by Crippen LogP contribution is -2.36. The number of hydrogen-bond donors (Lipinski definition) is 2. The van der Waals surface area contributed by atoms with E-state index >= 15 is 0 Å². The van der Waals surface area contributed by atoms with E-state index in [-0.39, 0.29) is 29.4 Å². The summed E-state index contributed by atoms with van der Waals surface area (Å²) in [5, 5.41) is 13.0. The lowest BCUT2D eigenvalue weighted by Gasteiger charge is -2.14. The first-order chi connectivity index (χ1) is 11.8. The number of aromatic nitrogens is 2. The van der Waals surface area contributed by atoms with Crippen LogP contribution in [0, 0.1) is 0 Å². The highest BCUT2D eigenvalue weighted by Gasteiger charge is 2.17. The minimum absolute atomic E-state index is 0. The van der Waals surface area contributed by atoms with Crippen LogP contribution < -0.4 is 10.6 Å². The molecular weight excluding hydrogens is 477 g/mol. The molecule has 0 aromatic carbocycles. The lowest BCUT2D eigenvalue weighted by molar-refractivity contribution is 0.570. The van der Waals surface area contributed by atoms with E-state index in [1.807, 2.05) is 0 Å². The Bertz CT molecular complexity index is 701. The number of rotatable bonds is 6. The molecule has 2 heterocycles. The standard InChI is InChI=1S/C18H29N5S2.HI/c1-7-19-17(20-8-15-22-13(10-24-15)12(2)3)21-9-16-23-14(11-25-16)18(4,5)6;/h10-12H,7-9H2,1-6H3,(H2,19,20,21);1H. The maximum absolute atomic E-state index is 4.72. The summed E-state index contributed by atoms with van der Waals surface area (Å²) in [6.07, 6.45) is 0. The van der Waals surface area contributed by atoms with Crippen LogP contribution in [0.3, 0.4) is 0 Å². The fourth-order valence-electron chi connectivity index (χ4n) is 2.05. The summed E-state index contributed by atoms with van der Waals surface area (Å²) in [5.41, 5.74) is 2.37. The van der Waals surface area contributed by atoms with Gasteiger partial charge in [-0.1, -0.05) is 34.6 Å². The topological polar surface area (TPSA) is 62.2 Å². The molecule has 0 radical (unpaired) electrons. The van der Waals surface area contributed by atoms with Crippen molar-refractivity contribution in [2.45, 2.75) is 66.0 Å². The fourth-order valence-corrected chi connectivity index (χ4v) is 3.89. The largest absolute Gasteiger partial charge is 0.357 e. The van der Waals surface area contributed by atoms with Crippen LogP contribution in [0.1, 0.15) is 68.9 Å². The van der Waals surface area contributed by atoms with Gasteiger partial charge in [0, 0.05) is 22.7 Å². The summed E-state index contributed by atoms with van der Waals surface area (Å²) in [6, 6.07) is 0. The third-order valence-corrected chi connectivity index (χ3v) is 5.31. The third kappa shape index (κ3) is 7.11. The molecule has 0 aliphatic carbocycles. The Kier molecular flexibility index (Phi) is 9.46. The molecule has 8 heteroatoms. The summed E-state index contributed by atoms with van der Waals surface area (Å²) in [7, 11) is 0. The summed E-state index contributed by atoms with van der Waals surface area (Å²) in [6.45, 7) is 15.0. The van der Waals surface area contributed by atoms with Crippen LogP contribution in [0.5, 0.6) is 0 Å². The van der Waals surface area contributed by atoms with Crippen molar-refractivity contribution in [2.75, 3.05) is 6.54 Å². The molecule has 0 saturated heterocycles. The second-order valence-electron chi connectivity index (χ2n) is 7.25. The lowest BCUT2D eigenvalue weighted by atomic mass is 9.93. The van der Waals surface area contributed by atoms with Crippen molar-refractivity contribution >= 4 is 52.6 Å². The SMILES string of the molecule is CCNC(=NCc1nc(C(C)C)cs1)NCc1nc(C(C)(C)C)cs1.I. The second kappa shape index (κ2) is 10.6. The van der Waals surface area contributed by atoms with Crippen molar-refractivity contribution in [3.63, 3.8) is 0 Å². The number of guanidine groups is 1. The molecule has 0 aliphatic heterocycles. The Morgan fingerprint density at radius 2 is 1.81 bits per heavy atom. The van der Waals surface area contributed by atoms with Gasteiger partial charge in [-0.05, 0) is 12.8 Å². The average Bonchev–Trinajstić information content (AvgIpc) is 3.18. The van der Waals surface area contributed by atoms with Crippen LogP contribution >= 0.6 is 46.7 Å². The van der Waals surface area contributed by atoms with E-state index < -0.39 is 0 Å². The number of aliphatic imine (C=N–C) groups is 1. The van der Waals surface area contributed by atoms with Crippen molar-refractivity contribution in [3.05, 3.63) is 32.2 Å². The molecular formula is C18H30IN5S2. The van der Waals surface area contributed by atoms with Crippen molar-refractivity contribution in [2.24, 2.45) is 4.99 Å². The van der Waals surface area contributed by atoms with E-state index in [1.165, 1.54) is 0 Å². The first kappa shape index (κ1) is 23.3. The summed E-state index contributed by atoms with van der Waals surface area (Å²) < 4.78 is 0. The highest BCUT2D eigenvalue weighted by molar-refractivity contribution is 14.0. The van der Waals surface area contributed by atoms with E-state index in [1.54, 1.807) is 22.7 Å². The molecule has 0 atom stereocenters. The van der Waals surface area contributed by atoms with Crippen LogP contribution in [0.15, 0.2) is 15.8 Å². The monoisotopic (exact) mass is 507 g/mol. The molecule has 5 nitrogen and oxygen atoms in total. The Labute approximate surface area is 182 Å². The van der Waals surface area contributed by atoms with E-state index in [2.05, 4.69) is 72.9 Å². The van der Waals surface area contributed by atoms with Gasteiger partial charge in [-0.15, -0.1) is 46.7 Å². The highest BCUT2D eigenvalue weighted by Crippen LogP contribution is 2.23. The Morgan fingerprint density at radius 3 is 2.35 bits per heavy atom. The fraction of sp³-hybridized carbons (Fsp3) is 0.611. The van der Waals surface area contributed by atoms with Crippen LogP contribution in [0.2, 0.25) is 0 Å². The first-order valence-corrected chi connectivity index (χ1v) is 10.5. The number of thiazole rings is 2. The van der Waals surface area contributed by atoms with Gasteiger partial charge in [0.25, 0.3) is 0 Å². The van der Waals surface area contributed by atoms with Crippen LogP contribution in [-0.2, 0) is 18.5 Å². The predicted octanol–water partition coefficient (Wildman–Crippen LogP) is 4.89. The molecule has 0 spiro atoms. The minimum atomic E-state index is 0. The van der Waals surface area contributed by atoms with E-state index in [4.69, 9.17) is 4.98 Å². The van der Waals surface area contributed by atoms with Gasteiger partial charge in [0.1, 0.15) is 10.0 Å². The summed E-state index contributed by atoms with van der Waals surface area (Å²) in [4.78, 5) is 14.0. The molecule has 0 bridgehead atoms. The van der Waals surface area contributed by atoms with Crippen molar-refractivity contribution < 1.29 is 0 Å². The van der Waals surface area contributed by atoms with Gasteiger partial charge in [-0.3, -0.25) is 0 Å². The maximum atomic E-state index is 4.72. The predicted molar refractivity (Wildman–Crippen MR) is 124 cm³/mol. The Hall–Kier alpha value is -0.740. The maximum Gasteiger partial charge on any atom is 0.192 e. The molecule has 2 aromatic rings. The molecule has 26 heavy (non-hydrogen) atoms. The molecule has 2 aromatic heterocycles. The van der Waals surface area contributed by atoms with Gasteiger partial charge < -0.3 is 10.6 Å². The number of nitrogens with zero attached hydrogens (tertiary/aromatic N) is 3. The van der Waals surface area contributed by atoms with Crippen LogP contribution in [-0.4, -0.2) is 22.5 Å². The summed E-state index contributed by atoms with van der Waals surface area (Å²) in [5.74, 6) is 1.26. The van der Waals surface area contributed by atoms with Crippen molar-refractivity contribution in [1.82, 2.24) is 20.6 Å². The van der Waals surface area contributed by atoms with Crippen LogP contribution in [0.4, 0.5) is 0 Å². The highest BCUT2D eigenvalue weighted by atomic mass is 127. The average molecular weight is 508 g/mol. The van der Waals surface area contributed by atoms with Crippen LogP contribution in [0.25, 0.3) is 0 Å². The molecule has 2 N–H and O–H groups in total. The Morgan fingerprint density at radius 1 is 1.12 bits per heavy atom. The Balaban J connectivity index is 0.00000338. The van der Waals surface area contributed by atoms with Gasteiger partial charge in [-0.25, -0.2) is 15.0 Å². The molecule has 2 rings (SSSR count). The molecule has 0 saturated carbocycles. The van der Waals surface area contributed by atoms with Crippen molar-refractivity contribution in [1.29, 1.82) is 0 Å². The zero-order valence-corrected chi connectivity index (χ0v) is 20.4. The van der Waals surface area contributed by atoms with Gasteiger partial charge >= 0.3 is 0 Å². The molecule has 0 aliphatic rings. The molecule has 146 valence electrons. The number of nitrogens with one attached hydrogen (secondary N) is 2. The molecule has 0 amide bonds. The minimum Gasteiger partial charge on any atom is -0.357 e. The van der Waals surface area contributed by atoms with Crippen molar-refractivity contribution in [3.8, 4) is 0 Å². The van der Waals surface area contributed by atoms with E-state index in [0.29, 0.717) is 19.0 Å². The third-order valence-electron chi connectivity index (χ3n) is 3.60. The zero-order chi connectivity index (χ0) is 18.4. The number of hydrogen-bond acceptors (Lipinski definition) is 5. The number of halogens is 1.